The van der Waals surface area contributed by atoms with Gasteiger partial charge < -0.3 is 14.5 Å². The fourth-order valence-electron chi connectivity index (χ4n) is 1.65. The van der Waals surface area contributed by atoms with E-state index in [1.165, 1.54) is 6.20 Å². The number of nitrogens with zero attached hydrogens (tertiary/aromatic N) is 3. The van der Waals surface area contributed by atoms with Gasteiger partial charge in [-0.25, -0.2) is 0 Å². The van der Waals surface area contributed by atoms with Crippen LogP contribution >= 0.6 is 0 Å². The summed E-state index contributed by atoms with van der Waals surface area (Å²) in [4.78, 5) is 14.1. The lowest BCUT2D eigenvalue weighted by molar-refractivity contribution is 0.415. The van der Waals surface area contributed by atoms with Gasteiger partial charge in [0.15, 0.2) is 0 Å². The van der Waals surface area contributed by atoms with Crippen LogP contribution in [0.2, 0.25) is 0 Å². The smallest absolute Gasteiger partial charge is 0.139 e. The zero-order chi connectivity index (χ0) is 12.3. The van der Waals surface area contributed by atoms with Crippen molar-refractivity contribution in [3.05, 3.63) is 53.6 Å². The molecule has 17 heavy (non-hydrogen) atoms. The molecule has 0 saturated carbocycles. The predicted molar refractivity (Wildman–Crippen MR) is 66.3 cm³/mol. The number of rotatable bonds is 3. The molecule has 5 nitrogen and oxygen atoms in total. The molecular weight excluding hydrogens is 218 g/mol. The highest BCUT2D eigenvalue weighted by Crippen LogP contribution is 2.27. The molecule has 1 aromatic rings. The molecule has 0 aromatic heterocycles. The summed E-state index contributed by atoms with van der Waals surface area (Å²) in [6.45, 7) is 0. The van der Waals surface area contributed by atoms with Gasteiger partial charge in [0.1, 0.15) is 17.8 Å². The number of anilines is 1. The summed E-state index contributed by atoms with van der Waals surface area (Å²) in [5, 5.41) is 2.82. The van der Waals surface area contributed by atoms with E-state index in [-0.39, 0.29) is 0 Å². The van der Waals surface area contributed by atoms with Crippen LogP contribution in [0.3, 0.4) is 0 Å². The van der Waals surface area contributed by atoms with Crippen LogP contribution in [-0.4, -0.2) is 19.1 Å². The van der Waals surface area contributed by atoms with E-state index in [9.17, 15) is 4.91 Å². The molecule has 1 aliphatic rings. The zero-order valence-corrected chi connectivity index (χ0v) is 9.70. The summed E-state index contributed by atoms with van der Waals surface area (Å²) in [7, 11) is 3.48. The SMILES string of the molecule is COc1ccc(N2C=CN(C)/C2=C\N=O)cc1. The van der Waals surface area contributed by atoms with E-state index in [0.717, 1.165) is 11.4 Å². The van der Waals surface area contributed by atoms with Crippen molar-refractivity contribution in [3.8, 4) is 5.75 Å². The van der Waals surface area contributed by atoms with Crippen LogP contribution in [0, 0.1) is 4.91 Å². The molecule has 1 heterocycles. The predicted octanol–water partition coefficient (Wildman–Crippen LogP) is 2.48. The Balaban J connectivity index is 2.29. The zero-order valence-electron chi connectivity index (χ0n) is 9.70. The summed E-state index contributed by atoms with van der Waals surface area (Å²) in [5.74, 6) is 1.51. The Morgan fingerprint density at radius 1 is 1.24 bits per heavy atom. The second kappa shape index (κ2) is 4.69. The summed E-state index contributed by atoms with van der Waals surface area (Å²) in [5.41, 5.74) is 0.946. The Hall–Kier alpha value is -2.30. The molecule has 0 amide bonds. The fraction of sp³-hybridized carbons (Fsp3) is 0.167. The molecule has 0 atom stereocenters. The normalized spacial score (nSPS) is 16.7. The minimum absolute atomic E-state index is 0.713. The summed E-state index contributed by atoms with van der Waals surface area (Å²) in [6, 6.07) is 7.57. The van der Waals surface area contributed by atoms with E-state index in [2.05, 4.69) is 5.18 Å². The number of ether oxygens (including phenoxy) is 1. The van der Waals surface area contributed by atoms with E-state index < -0.39 is 0 Å². The van der Waals surface area contributed by atoms with Gasteiger partial charge in [0.05, 0.1) is 7.11 Å². The molecule has 0 fully saturated rings. The van der Waals surface area contributed by atoms with Crippen LogP contribution < -0.4 is 9.64 Å². The minimum Gasteiger partial charge on any atom is -0.497 e. The van der Waals surface area contributed by atoms with Crippen LogP contribution in [-0.2, 0) is 0 Å². The number of hydrogen-bond acceptors (Lipinski definition) is 5. The maximum atomic E-state index is 10.4. The van der Waals surface area contributed by atoms with Crippen molar-refractivity contribution in [1.82, 2.24) is 4.90 Å². The molecule has 0 saturated heterocycles. The van der Waals surface area contributed by atoms with Crippen molar-refractivity contribution in [3.63, 3.8) is 0 Å². The molecule has 1 aliphatic heterocycles. The Labute approximate surface area is 99.6 Å². The lowest BCUT2D eigenvalue weighted by Crippen LogP contribution is -2.19. The standard InChI is InChI=1S/C12H13N3O2/c1-14-7-8-15(12(14)9-13-16)10-3-5-11(17-2)6-4-10/h3-9H,1-2H3/b12-9+. The molecule has 88 valence electrons. The molecule has 1 aromatic carbocycles. The topological polar surface area (TPSA) is 45.1 Å². The Kier molecular flexibility index (Phi) is 3.09. The van der Waals surface area contributed by atoms with Crippen molar-refractivity contribution in [2.24, 2.45) is 5.18 Å². The maximum Gasteiger partial charge on any atom is 0.139 e. The third-order valence-corrected chi connectivity index (χ3v) is 2.57. The van der Waals surface area contributed by atoms with Gasteiger partial charge in [-0.1, -0.05) is 0 Å². The van der Waals surface area contributed by atoms with Gasteiger partial charge in [-0.3, -0.25) is 0 Å². The highest BCUT2D eigenvalue weighted by Gasteiger charge is 2.18. The lowest BCUT2D eigenvalue weighted by atomic mass is 10.3. The van der Waals surface area contributed by atoms with Gasteiger partial charge >= 0.3 is 0 Å². The average Bonchev–Trinajstić information content (AvgIpc) is 2.72. The molecule has 0 bridgehead atoms. The van der Waals surface area contributed by atoms with Crippen molar-refractivity contribution in [1.29, 1.82) is 0 Å². The van der Waals surface area contributed by atoms with E-state index in [1.807, 2.05) is 53.5 Å². The first-order valence-electron chi connectivity index (χ1n) is 5.13. The van der Waals surface area contributed by atoms with Crippen LogP contribution in [0.25, 0.3) is 0 Å². The Bertz CT molecular complexity index is 465. The monoisotopic (exact) mass is 231 g/mol. The van der Waals surface area contributed by atoms with Gasteiger partial charge in [0, 0.05) is 25.1 Å². The largest absolute Gasteiger partial charge is 0.497 e. The molecule has 5 heteroatoms. The second-order valence-electron chi connectivity index (χ2n) is 3.57. The van der Waals surface area contributed by atoms with E-state index in [0.29, 0.717) is 5.82 Å². The summed E-state index contributed by atoms with van der Waals surface area (Å²) < 4.78 is 5.10. The maximum absolute atomic E-state index is 10.4. The summed E-state index contributed by atoms with van der Waals surface area (Å²) >= 11 is 0. The Morgan fingerprint density at radius 3 is 2.53 bits per heavy atom. The molecule has 0 N–H and O–H groups in total. The first-order chi connectivity index (χ1) is 8.26. The number of hydrogen-bond donors (Lipinski definition) is 0. The molecule has 2 rings (SSSR count). The van der Waals surface area contributed by atoms with Gasteiger partial charge in [0.2, 0.25) is 0 Å². The first-order valence-corrected chi connectivity index (χ1v) is 5.13. The molecule has 0 aliphatic carbocycles. The summed E-state index contributed by atoms with van der Waals surface area (Å²) in [6.07, 6.45) is 5.02. The minimum atomic E-state index is 0.713. The fourth-order valence-corrected chi connectivity index (χ4v) is 1.65. The van der Waals surface area contributed by atoms with E-state index >= 15 is 0 Å². The highest BCUT2D eigenvalue weighted by molar-refractivity contribution is 5.58. The Morgan fingerprint density at radius 2 is 1.94 bits per heavy atom. The van der Waals surface area contributed by atoms with Gasteiger partial charge in [-0.05, 0) is 29.4 Å². The van der Waals surface area contributed by atoms with Crippen molar-refractivity contribution in [2.45, 2.75) is 0 Å². The van der Waals surface area contributed by atoms with Crippen molar-refractivity contribution in [2.75, 3.05) is 19.1 Å². The molecule has 0 radical (unpaired) electrons. The van der Waals surface area contributed by atoms with E-state index in [4.69, 9.17) is 4.74 Å². The molecule has 0 unspecified atom stereocenters. The highest BCUT2D eigenvalue weighted by atomic mass is 16.5. The van der Waals surface area contributed by atoms with E-state index in [1.54, 1.807) is 7.11 Å². The van der Waals surface area contributed by atoms with Crippen LogP contribution in [0.4, 0.5) is 5.69 Å². The molecule has 0 spiro atoms. The van der Waals surface area contributed by atoms with Crippen LogP contribution in [0.1, 0.15) is 0 Å². The van der Waals surface area contributed by atoms with Crippen molar-refractivity contribution < 1.29 is 4.74 Å². The third-order valence-electron chi connectivity index (χ3n) is 2.57. The average molecular weight is 231 g/mol. The van der Waals surface area contributed by atoms with Gasteiger partial charge in [-0.15, -0.1) is 4.91 Å². The second-order valence-corrected chi connectivity index (χ2v) is 3.57. The number of nitroso groups, excluding NO2 is 1. The molecular formula is C12H13N3O2. The van der Waals surface area contributed by atoms with Crippen molar-refractivity contribution >= 4 is 5.69 Å². The van der Waals surface area contributed by atoms with Crippen LogP contribution in [0.5, 0.6) is 5.75 Å². The lowest BCUT2D eigenvalue weighted by Gasteiger charge is -2.21. The third kappa shape index (κ3) is 2.13. The van der Waals surface area contributed by atoms with Gasteiger partial charge in [-0.2, -0.15) is 0 Å². The number of methoxy groups -OCH3 is 1. The quantitative estimate of drug-likeness (QED) is 0.750. The number of benzene rings is 1. The first kappa shape index (κ1) is 11.2. The van der Waals surface area contributed by atoms with Crippen LogP contribution in [0.15, 0.2) is 53.9 Å². The van der Waals surface area contributed by atoms with Gasteiger partial charge in [0.25, 0.3) is 0 Å².